The van der Waals surface area contributed by atoms with E-state index in [1.54, 1.807) is 11.3 Å². The van der Waals surface area contributed by atoms with Gasteiger partial charge in [-0.1, -0.05) is 51.1 Å². The lowest BCUT2D eigenvalue weighted by Gasteiger charge is -2.16. The van der Waals surface area contributed by atoms with Gasteiger partial charge in [-0.3, -0.25) is 0 Å². The molecular weight excluding hydrogens is 264 g/mol. The van der Waals surface area contributed by atoms with E-state index in [9.17, 15) is 0 Å². The third-order valence-corrected chi connectivity index (χ3v) is 4.33. The Morgan fingerprint density at radius 1 is 1.20 bits per heavy atom. The first-order chi connectivity index (χ1) is 9.70. The minimum atomic E-state index is 0.329. The van der Waals surface area contributed by atoms with Crippen LogP contribution < -0.4 is 5.32 Å². The number of rotatable bonds is 7. The molecule has 2 aromatic rings. The number of nitrogens with one attached hydrogen (secondary N) is 1. The molecule has 0 spiro atoms. The maximum Gasteiger partial charge on any atom is 0.110 e. The van der Waals surface area contributed by atoms with Crippen molar-refractivity contribution in [2.75, 3.05) is 6.54 Å². The standard InChI is InChI=1S/C17H24N2S/c1-4-10-18-15(11-14-8-6-5-7-9-14)17-19-16(12-20-17)13(2)3/h5-9,12-13,15,18H,4,10-11H2,1-3H3. The molecular formula is C17H24N2S. The summed E-state index contributed by atoms with van der Waals surface area (Å²) >= 11 is 1.78. The topological polar surface area (TPSA) is 24.9 Å². The van der Waals surface area contributed by atoms with E-state index in [0.29, 0.717) is 12.0 Å². The third-order valence-electron chi connectivity index (χ3n) is 3.35. The van der Waals surface area contributed by atoms with Gasteiger partial charge in [0.05, 0.1) is 11.7 Å². The van der Waals surface area contributed by atoms with E-state index in [0.717, 1.165) is 19.4 Å². The molecule has 1 unspecified atom stereocenters. The Morgan fingerprint density at radius 2 is 1.95 bits per heavy atom. The maximum absolute atomic E-state index is 4.82. The zero-order chi connectivity index (χ0) is 14.4. The van der Waals surface area contributed by atoms with Crippen molar-refractivity contribution in [3.63, 3.8) is 0 Å². The molecule has 0 amide bonds. The number of benzene rings is 1. The van der Waals surface area contributed by atoms with Crippen molar-refractivity contribution in [3.8, 4) is 0 Å². The normalized spacial score (nSPS) is 12.8. The molecule has 0 saturated heterocycles. The van der Waals surface area contributed by atoms with Gasteiger partial charge in [-0.2, -0.15) is 0 Å². The quantitative estimate of drug-likeness (QED) is 0.808. The molecule has 0 radical (unpaired) electrons. The van der Waals surface area contributed by atoms with Crippen LogP contribution in [0.15, 0.2) is 35.7 Å². The average molecular weight is 288 g/mol. The molecule has 1 aromatic heterocycles. The minimum Gasteiger partial charge on any atom is -0.308 e. The van der Waals surface area contributed by atoms with Crippen molar-refractivity contribution >= 4 is 11.3 Å². The van der Waals surface area contributed by atoms with Gasteiger partial charge in [-0.15, -0.1) is 11.3 Å². The highest BCUT2D eigenvalue weighted by molar-refractivity contribution is 7.09. The molecule has 1 atom stereocenters. The second kappa shape index (κ2) is 7.55. The first-order valence-electron chi connectivity index (χ1n) is 7.43. The second-order valence-electron chi connectivity index (χ2n) is 5.46. The number of thiazole rings is 1. The van der Waals surface area contributed by atoms with E-state index in [1.165, 1.54) is 16.3 Å². The van der Waals surface area contributed by atoms with Crippen LogP contribution in [0.5, 0.6) is 0 Å². The van der Waals surface area contributed by atoms with Gasteiger partial charge in [0.1, 0.15) is 5.01 Å². The molecule has 2 nitrogen and oxygen atoms in total. The van der Waals surface area contributed by atoms with Crippen molar-refractivity contribution in [1.82, 2.24) is 10.3 Å². The maximum atomic E-state index is 4.82. The van der Waals surface area contributed by atoms with E-state index >= 15 is 0 Å². The molecule has 0 aliphatic rings. The summed E-state index contributed by atoms with van der Waals surface area (Å²) in [4.78, 5) is 4.82. The fourth-order valence-corrected chi connectivity index (χ4v) is 3.20. The Bertz CT molecular complexity index is 505. The highest BCUT2D eigenvalue weighted by atomic mass is 32.1. The summed E-state index contributed by atoms with van der Waals surface area (Å²) in [7, 11) is 0. The lowest BCUT2D eigenvalue weighted by Crippen LogP contribution is -2.24. The molecule has 0 saturated carbocycles. The Hall–Kier alpha value is -1.19. The van der Waals surface area contributed by atoms with Crippen molar-refractivity contribution < 1.29 is 0 Å². The molecule has 20 heavy (non-hydrogen) atoms. The molecule has 0 aliphatic carbocycles. The van der Waals surface area contributed by atoms with Crippen molar-refractivity contribution in [2.24, 2.45) is 0 Å². The van der Waals surface area contributed by atoms with Gasteiger partial charge in [-0.05, 0) is 30.9 Å². The fraction of sp³-hybridized carbons (Fsp3) is 0.471. The van der Waals surface area contributed by atoms with Crippen LogP contribution in [0.1, 0.15) is 55.4 Å². The van der Waals surface area contributed by atoms with Gasteiger partial charge in [0.25, 0.3) is 0 Å². The van der Waals surface area contributed by atoms with E-state index in [2.05, 4.69) is 61.8 Å². The Labute approximate surface area is 126 Å². The van der Waals surface area contributed by atoms with Crippen LogP contribution >= 0.6 is 11.3 Å². The molecule has 0 bridgehead atoms. The van der Waals surface area contributed by atoms with E-state index in [1.807, 2.05) is 0 Å². The zero-order valence-corrected chi connectivity index (χ0v) is 13.4. The Balaban J connectivity index is 2.13. The lowest BCUT2D eigenvalue weighted by atomic mass is 10.1. The van der Waals surface area contributed by atoms with Gasteiger partial charge in [0, 0.05) is 5.38 Å². The predicted octanol–water partition coefficient (Wildman–Crippen LogP) is 4.55. The predicted molar refractivity (Wildman–Crippen MR) is 87.4 cm³/mol. The second-order valence-corrected chi connectivity index (χ2v) is 6.35. The monoisotopic (exact) mass is 288 g/mol. The lowest BCUT2D eigenvalue weighted by molar-refractivity contribution is 0.525. The highest BCUT2D eigenvalue weighted by Gasteiger charge is 2.16. The van der Waals surface area contributed by atoms with Crippen molar-refractivity contribution in [3.05, 3.63) is 52.0 Å². The smallest absolute Gasteiger partial charge is 0.110 e. The van der Waals surface area contributed by atoms with Crippen LogP contribution in [0, 0.1) is 0 Å². The summed E-state index contributed by atoms with van der Waals surface area (Å²) in [6.45, 7) is 7.64. The largest absolute Gasteiger partial charge is 0.308 e. The van der Waals surface area contributed by atoms with Gasteiger partial charge < -0.3 is 5.32 Å². The summed E-state index contributed by atoms with van der Waals surface area (Å²) in [6.07, 6.45) is 2.15. The number of hydrogen-bond donors (Lipinski definition) is 1. The van der Waals surface area contributed by atoms with E-state index < -0.39 is 0 Å². The van der Waals surface area contributed by atoms with Crippen LogP contribution in [-0.4, -0.2) is 11.5 Å². The molecule has 1 aromatic carbocycles. The molecule has 1 heterocycles. The Kier molecular flexibility index (Phi) is 5.74. The number of hydrogen-bond acceptors (Lipinski definition) is 3. The third kappa shape index (κ3) is 4.15. The minimum absolute atomic E-state index is 0.329. The average Bonchev–Trinajstić information content (AvgIpc) is 2.94. The van der Waals surface area contributed by atoms with Crippen LogP contribution in [0.4, 0.5) is 0 Å². The summed E-state index contributed by atoms with van der Waals surface area (Å²) in [5, 5.41) is 7.05. The zero-order valence-electron chi connectivity index (χ0n) is 12.6. The first kappa shape index (κ1) is 15.2. The highest BCUT2D eigenvalue weighted by Crippen LogP contribution is 2.25. The molecule has 1 N–H and O–H groups in total. The van der Waals surface area contributed by atoms with Crippen molar-refractivity contribution in [2.45, 2.75) is 45.6 Å². The molecule has 108 valence electrons. The van der Waals surface area contributed by atoms with Gasteiger partial charge in [0.2, 0.25) is 0 Å². The number of aromatic nitrogens is 1. The van der Waals surface area contributed by atoms with E-state index in [-0.39, 0.29) is 0 Å². The number of nitrogens with zero attached hydrogens (tertiary/aromatic N) is 1. The summed E-state index contributed by atoms with van der Waals surface area (Å²) < 4.78 is 0. The molecule has 0 aliphatic heterocycles. The van der Waals surface area contributed by atoms with Crippen LogP contribution in [-0.2, 0) is 6.42 Å². The van der Waals surface area contributed by atoms with Gasteiger partial charge >= 0.3 is 0 Å². The van der Waals surface area contributed by atoms with Crippen LogP contribution in [0.3, 0.4) is 0 Å². The summed E-state index contributed by atoms with van der Waals surface area (Å²) in [6, 6.07) is 11.0. The molecule has 3 heteroatoms. The van der Waals surface area contributed by atoms with Gasteiger partial charge in [0.15, 0.2) is 0 Å². The van der Waals surface area contributed by atoms with Crippen LogP contribution in [0.25, 0.3) is 0 Å². The van der Waals surface area contributed by atoms with Crippen molar-refractivity contribution in [1.29, 1.82) is 0 Å². The summed E-state index contributed by atoms with van der Waals surface area (Å²) in [5.41, 5.74) is 2.57. The Morgan fingerprint density at radius 3 is 2.55 bits per heavy atom. The van der Waals surface area contributed by atoms with Crippen LogP contribution in [0.2, 0.25) is 0 Å². The molecule has 2 rings (SSSR count). The summed E-state index contributed by atoms with van der Waals surface area (Å²) in [5.74, 6) is 0.503. The molecule has 0 fully saturated rings. The fourth-order valence-electron chi connectivity index (χ4n) is 2.14. The first-order valence-corrected chi connectivity index (χ1v) is 8.31. The SMILES string of the molecule is CCCNC(Cc1ccccc1)c1nc(C(C)C)cs1. The van der Waals surface area contributed by atoms with Gasteiger partial charge in [-0.25, -0.2) is 4.98 Å². The van der Waals surface area contributed by atoms with E-state index in [4.69, 9.17) is 4.98 Å².